The van der Waals surface area contributed by atoms with Crippen molar-refractivity contribution < 1.29 is 14.4 Å². The molecule has 1 aromatic heterocycles. The lowest BCUT2D eigenvalue weighted by atomic mass is 9.84. The first-order valence-electron chi connectivity index (χ1n) is 6.96. The Hall–Kier alpha value is -1.43. The second-order valence-corrected chi connectivity index (χ2v) is 5.56. The number of nitrogens with zero attached hydrogens (tertiary/aromatic N) is 2. The summed E-state index contributed by atoms with van der Waals surface area (Å²) in [6.07, 6.45) is 3.98. The molecule has 0 radical (unpaired) electrons. The van der Waals surface area contributed by atoms with Gasteiger partial charge in [0, 0.05) is 12.5 Å². The Morgan fingerprint density at radius 3 is 2.95 bits per heavy atom. The van der Waals surface area contributed by atoms with Gasteiger partial charge >= 0.3 is 5.97 Å². The highest BCUT2D eigenvalue weighted by atomic mass is 16.5. The maximum absolute atomic E-state index is 11.4. The van der Waals surface area contributed by atoms with E-state index in [1.807, 2.05) is 6.92 Å². The van der Waals surface area contributed by atoms with Gasteiger partial charge in [-0.3, -0.25) is 4.79 Å². The standard InChI is InChI=1S/C13H19N3O3/c1-2-9-15-10(19-16-9)6-14-12-8-4-3-7(5-8)11(12)13(17)18/h7-8,11-12,14H,2-6H2,1H3,(H,17,18). The topological polar surface area (TPSA) is 88.2 Å². The smallest absolute Gasteiger partial charge is 0.308 e. The Bertz CT molecular complexity index is 473. The van der Waals surface area contributed by atoms with Crippen molar-refractivity contribution >= 4 is 5.97 Å². The van der Waals surface area contributed by atoms with Crippen molar-refractivity contribution in [1.82, 2.24) is 15.5 Å². The van der Waals surface area contributed by atoms with Crippen molar-refractivity contribution in [3.63, 3.8) is 0 Å². The quantitative estimate of drug-likeness (QED) is 0.832. The number of carboxylic acid groups (broad SMARTS) is 1. The highest BCUT2D eigenvalue weighted by Gasteiger charge is 2.50. The number of carboxylic acids is 1. The SMILES string of the molecule is CCc1noc(CNC2C3CCC(C3)C2C(=O)O)n1. The average Bonchev–Trinajstić information content (AvgIpc) is 3.10. The lowest BCUT2D eigenvalue weighted by Gasteiger charge is -2.28. The predicted octanol–water partition coefficient (Wildman–Crippen LogP) is 1.22. The Morgan fingerprint density at radius 1 is 1.47 bits per heavy atom. The van der Waals surface area contributed by atoms with Crippen molar-refractivity contribution in [3.05, 3.63) is 11.7 Å². The molecule has 6 heteroatoms. The molecule has 3 rings (SSSR count). The van der Waals surface area contributed by atoms with Crippen LogP contribution in [0, 0.1) is 17.8 Å². The van der Waals surface area contributed by atoms with Crippen molar-refractivity contribution in [2.24, 2.45) is 17.8 Å². The third kappa shape index (κ3) is 2.25. The molecule has 104 valence electrons. The molecule has 2 fully saturated rings. The molecule has 1 aromatic rings. The molecule has 2 saturated carbocycles. The van der Waals surface area contributed by atoms with E-state index in [0.717, 1.165) is 25.7 Å². The molecule has 2 N–H and O–H groups in total. The predicted molar refractivity (Wildman–Crippen MR) is 66.3 cm³/mol. The van der Waals surface area contributed by atoms with Crippen LogP contribution >= 0.6 is 0 Å². The third-order valence-corrected chi connectivity index (χ3v) is 4.52. The van der Waals surface area contributed by atoms with Crippen molar-refractivity contribution in [2.75, 3.05) is 0 Å². The van der Waals surface area contributed by atoms with Gasteiger partial charge in [0.25, 0.3) is 0 Å². The fourth-order valence-corrected chi connectivity index (χ4v) is 3.65. The van der Waals surface area contributed by atoms with Crippen LogP contribution in [-0.2, 0) is 17.8 Å². The molecule has 2 aliphatic carbocycles. The summed E-state index contributed by atoms with van der Waals surface area (Å²) < 4.78 is 5.12. The molecule has 2 bridgehead atoms. The van der Waals surface area contributed by atoms with Crippen LogP contribution in [0.1, 0.15) is 37.9 Å². The van der Waals surface area contributed by atoms with E-state index < -0.39 is 5.97 Å². The highest BCUT2D eigenvalue weighted by Crippen LogP contribution is 2.48. The number of aryl methyl sites for hydroxylation is 1. The average molecular weight is 265 g/mol. The second kappa shape index (κ2) is 4.92. The van der Waals surface area contributed by atoms with E-state index in [-0.39, 0.29) is 12.0 Å². The van der Waals surface area contributed by atoms with Crippen LogP contribution in [0.2, 0.25) is 0 Å². The van der Waals surface area contributed by atoms with E-state index in [0.29, 0.717) is 30.1 Å². The molecule has 0 amide bonds. The maximum Gasteiger partial charge on any atom is 0.308 e. The van der Waals surface area contributed by atoms with Gasteiger partial charge in [-0.05, 0) is 31.1 Å². The first-order chi connectivity index (χ1) is 9.19. The molecule has 4 unspecified atom stereocenters. The summed E-state index contributed by atoms with van der Waals surface area (Å²) in [7, 11) is 0. The van der Waals surface area contributed by atoms with E-state index in [1.165, 1.54) is 0 Å². The Kier molecular flexibility index (Phi) is 3.26. The summed E-state index contributed by atoms with van der Waals surface area (Å²) in [5.74, 6) is 1.13. The summed E-state index contributed by atoms with van der Waals surface area (Å²) >= 11 is 0. The van der Waals surface area contributed by atoms with E-state index in [4.69, 9.17) is 4.52 Å². The first-order valence-corrected chi connectivity index (χ1v) is 6.96. The van der Waals surface area contributed by atoms with Gasteiger partial charge in [0.1, 0.15) is 0 Å². The van der Waals surface area contributed by atoms with Crippen LogP contribution < -0.4 is 5.32 Å². The van der Waals surface area contributed by atoms with Gasteiger partial charge in [0.2, 0.25) is 5.89 Å². The first kappa shape index (κ1) is 12.6. The lowest BCUT2D eigenvalue weighted by Crippen LogP contribution is -2.43. The third-order valence-electron chi connectivity index (χ3n) is 4.52. The van der Waals surface area contributed by atoms with Gasteiger partial charge in [-0.25, -0.2) is 0 Å². The maximum atomic E-state index is 11.4. The molecular weight excluding hydrogens is 246 g/mol. The van der Waals surface area contributed by atoms with Crippen LogP contribution in [0.4, 0.5) is 0 Å². The van der Waals surface area contributed by atoms with Crippen LogP contribution in [0.15, 0.2) is 4.52 Å². The summed E-state index contributed by atoms with van der Waals surface area (Å²) in [4.78, 5) is 15.6. The fourth-order valence-electron chi connectivity index (χ4n) is 3.65. The number of nitrogens with one attached hydrogen (secondary N) is 1. The minimum absolute atomic E-state index is 0.0493. The zero-order valence-electron chi connectivity index (χ0n) is 11.0. The van der Waals surface area contributed by atoms with Crippen LogP contribution in [0.5, 0.6) is 0 Å². The van der Waals surface area contributed by atoms with Gasteiger partial charge in [-0.2, -0.15) is 4.98 Å². The monoisotopic (exact) mass is 265 g/mol. The van der Waals surface area contributed by atoms with Crippen LogP contribution in [0.25, 0.3) is 0 Å². The number of aromatic nitrogens is 2. The number of hydrogen-bond donors (Lipinski definition) is 2. The molecule has 4 atom stereocenters. The van der Waals surface area contributed by atoms with Crippen molar-refractivity contribution in [3.8, 4) is 0 Å². The number of fused-ring (bicyclic) bond motifs is 2. The van der Waals surface area contributed by atoms with E-state index >= 15 is 0 Å². The van der Waals surface area contributed by atoms with Gasteiger partial charge in [0.05, 0.1) is 12.5 Å². The summed E-state index contributed by atoms with van der Waals surface area (Å²) in [5, 5.41) is 16.5. The number of hydrogen-bond acceptors (Lipinski definition) is 5. The minimum Gasteiger partial charge on any atom is -0.481 e. The van der Waals surface area contributed by atoms with Gasteiger partial charge < -0.3 is 14.9 Å². The molecule has 2 aliphatic rings. The highest BCUT2D eigenvalue weighted by molar-refractivity contribution is 5.72. The largest absolute Gasteiger partial charge is 0.481 e. The Morgan fingerprint density at radius 2 is 2.26 bits per heavy atom. The van der Waals surface area contributed by atoms with E-state index in [9.17, 15) is 9.90 Å². The molecule has 0 spiro atoms. The number of aliphatic carboxylic acids is 1. The number of rotatable bonds is 5. The number of carbonyl (C=O) groups is 1. The zero-order chi connectivity index (χ0) is 13.4. The van der Waals surface area contributed by atoms with Crippen molar-refractivity contribution in [1.29, 1.82) is 0 Å². The van der Waals surface area contributed by atoms with Crippen LogP contribution in [-0.4, -0.2) is 27.3 Å². The molecule has 0 aliphatic heterocycles. The minimum atomic E-state index is -0.676. The summed E-state index contributed by atoms with van der Waals surface area (Å²) in [6, 6.07) is 0.0493. The van der Waals surface area contributed by atoms with E-state index in [1.54, 1.807) is 0 Å². The lowest BCUT2D eigenvalue weighted by molar-refractivity contribution is -0.144. The van der Waals surface area contributed by atoms with Crippen molar-refractivity contribution in [2.45, 2.75) is 45.2 Å². The molecule has 0 saturated heterocycles. The second-order valence-electron chi connectivity index (χ2n) is 5.56. The Balaban J connectivity index is 1.64. The summed E-state index contributed by atoms with van der Waals surface area (Å²) in [5.41, 5.74) is 0. The van der Waals surface area contributed by atoms with Gasteiger partial charge in [-0.15, -0.1) is 0 Å². The van der Waals surface area contributed by atoms with Gasteiger partial charge in [-0.1, -0.05) is 12.1 Å². The zero-order valence-corrected chi connectivity index (χ0v) is 11.0. The normalized spacial score (nSPS) is 32.9. The fraction of sp³-hybridized carbons (Fsp3) is 0.769. The van der Waals surface area contributed by atoms with Gasteiger partial charge in [0.15, 0.2) is 5.82 Å². The Labute approximate surface area is 111 Å². The molecule has 19 heavy (non-hydrogen) atoms. The molecule has 0 aromatic carbocycles. The molecule has 1 heterocycles. The van der Waals surface area contributed by atoms with Crippen LogP contribution in [0.3, 0.4) is 0 Å². The molecular formula is C13H19N3O3. The molecule has 6 nitrogen and oxygen atoms in total. The van der Waals surface area contributed by atoms with E-state index in [2.05, 4.69) is 15.5 Å². The summed E-state index contributed by atoms with van der Waals surface area (Å²) in [6.45, 7) is 2.43.